The molecule has 1 aliphatic rings. The number of halogens is 2. The largest absolute Gasteiger partial charge is 0.467 e. The van der Waals surface area contributed by atoms with Gasteiger partial charge in [0.25, 0.3) is 0 Å². The van der Waals surface area contributed by atoms with Crippen molar-refractivity contribution in [2.45, 2.75) is 25.7 Å². The third-order valence-electron chi connectivity index (χ3n) is 4.07. The van der Waals surface area contributed by atoms with Gasteiger partial charge in [0.1, 0.15) is 17.2 Å². The predicted octanol–water partition coefficient (Wildman–Crippen LogP) is 2.94. The third-order valence-corrected chi connectivity index (χ3v) is 5.20. The lowest BCUT2D eigenvalue weighted by atomic mass is 10.1. The molecule has 0 amide bonds. The van der Waals surface area contributed by atoms with E-state index >= 15 is 0 Å². The Morgan fingerprint density at radius 3 is 2.93 bits per heavy atom. The van der Waals surface area contributed by atoms with Crippen molar-refractivity contribution in [1.29, 1.82) is 0 Å². The molecule has 9 heteroatoms. The van der Waals surface area contributed by atoms with Gasteiger partial charge < -0.3 is 25.2 Å². The molecule has 0 fully saturated rings. The Kier molecular flexibility index (Phi) is 7.83. The number of ether oxygens (including phenoxy) is 2. The van der Waals surface area contributed by atoms with Gasteiger partial charge in [-0.3, -0.25) is 4.99 Å². The van der Waals surface area contributed by atoms with Crippen LogP contribution in [0.5, 0.6) is 5.75 Å². The van der Waals surface area contributed by atoms with Gasteiger partial charge >= 0.3 is 0 Å². The molecule has 6 nitrogen and oxygen atoms in total. The zero-order valence-electron chi connectivity index (χ0n) is 15.1. The van der Waals surface area contributed by atoms with E-state index in [1.807, 2.05) is 17.5 Å². The Morgan fingerprint density at radius 1 is 1.41 bits per heavy atom. The first-order valence-corrected chi connectivity index (χ1v) is 9.10. The summed E-state index contributed by atoms with van der Waals surface area (Å²) < 4.78 is 24.5. The molecule has 1 atom stereocenters. The molecule has 1 aliphatic heterocycles. The molecule has 2 heterocycles. The van der Waals surface area contributed by atoms with Crippen molar-refractivity contribution in [1.82, 2.24) is 10.6 Å². The molecule has 1 unspecified atom stereocenters. The minimum atomic E-state index is -1.01. The number of fused-ring (bicyclic) bond motifs is 1. The number of aliphatic imine (C=N–C) groups is 1. The van der Waals surface area contributed by atoms with E-state index in [1.165, 1.54) is 23.5 Å². The highest BCUT2D eigenvalue weighted by molar-refractivity contribution is 14.0. The second-order valence-corrected chi connectivity index (χ2v) is 7.14. The Labute approximate surface area is 178 Å². The monoisotopic (exact) mass is 507 g/mol. The lowest BCUT2D eigenvalue weighted by Crippen LogP contribution is -2.44. The molecule has 1 aromatic heterocycles. The highest BCUT2D eigenvalue weighted by Crippen LogP contribution is 2.29. The number of guanidine groups is 1. The van der Waals surface area contributed by atoms with E-state index in [4.69, 9.17) is 9.47 Å². The van der Waals surface area contributed by atoms with E-state index in [-0.39, 0.29) is 36.6 Å². The van der Waals surface area contributed by atoms with Crippen LogP contribution in [0.15, 0.2) is 34.6 Å². The number of hydrogen-bond donors (Lipinski definition) is 3. The molecule has 3 rings (SSSR count). The number of nitrogens with one attached hydrogen (secondary N) is 2. The average Bonchev–Trinajstić information content (AvgIpc) is 3.17. The van der Waals surface area contributed by atoms with Gasteiger partial charge in [-0.25, -0.2) is 4.39 Å². The van der Waals surface area contributed by atoms with Gasteiger partial charge in [0, 0.05) is 29.6 Å². The average molecular weight is 507 g/mol. The zero-order valence-corrected chi connectivity index (χ0v) is 18.3. The summed E-state index contributed by atoms with van der Waals surface area (Å²) in [6.07, 6.45) is 0. The van der Waals surface area contributed by atoms with E-state index in [0.29, 0.717) is 42.5 Å². The predicted molar refractivity (Wildman–Crippen MR) is 114 cm³/mol. The lowest BCUT2D eigenvalue weighted by Gasteiger charge is -2.24. The summed E-state index contributed by atoms with van der Waals surface area (Å²) in [4.78, 5) is 5.02. The highest BCUT2D eigenvalue weighted by atomic mass is 127. The van der Waals surface area contributed by atoms with Crippen molar-refractivity contribution in [3.05, 3.63) is 51.5 Å². The van der Waals surface area contributed by atoms with Crippen molar-refractivity contribution >= 4 is 41.3 Å². The Balaban J connectivity index is 0.00000261. The number of aliphatic hydroxyl groups is 1. The fourth-order valence-corrected chi connectivity index (χ4v) is 3.50. The minimum absolute atomic E-state index is 0. The van der Waals surface area contributed by atoms with E-state index in [2.05, 4.69) is 15.6 Å². The normalized spacial score (nSPS) is 15.8. The van der Waals surface area contributed by atoms with Crippen molar-refractivity contribution in [2.24, 2.45) is 4.99 Å². The highest BCUT2D eigenvalue weighted by Gasteiger charge is 2.24. The maximum absolute atomic E-state index is 13.8. The van der Waals surface area contributed by atoms with Crippen LogP contribution >= 0.6 is 35.3 Å². The van der Waals surface area contributed by atoms with Crippen LogP contribution in [0.25, 0.3) is 0 Å². The van der Waals surface area contributed by atoms with Crippen molar-refractivity contribution in [3.8, 4) is 5.75 Å². The van der Waals surface area contributed by atoms with Gasteiger partial charge in [0.2, 0.25) is 0 Å². The summed E-state index contributed by atoms with van der Waals surface area (Å²) in [5, 5.41) is 18.7. The number of rotatable bonds is 5. The van der Waals surface area contributed by atoms with E-state index in [0.717, 1.165) is 4.88 Å². The molecule has 0 saturated carbocycles. The summed E-state index contributed by atoms with van der Waals surface area (Å²) >= 11 is 1.50. The van der Waals surface area contributed by atoms with Crippen molar-refractivity contribution < 1.29 is 19.0 Å². The quantitative estimate of drug-likeness (QED) is 0.330. The summed E-state index contributed by atoms with van der Waals surface area (Å²) in [6.45, 7) is 2.86. The molecule has 0 saturated heterocycles. The summed E-state index contributed by atoms with van der Waals surface area (Å²) in [7, 11) is 1.64. The topological polar surface area (TPSA) is 75.1 Å². The first kappa shape index (κ1) is 21.9. The molecular weight excluding hydrogens is 484 g/mol. The molecule has 3 N–H and O–H groups in total. The molecule has 1 aromatic carbocycles. The number of thiophene rings is 1. The minimum Gasteiger partial charge on any atom is -0.467 e. The van der Waals surface area contributed by atoms with Crippen molar-refractivity contribution in [3.63, 3.8) is 0 Å². The van der Waals surface area contributed by atoms with Crippen LogP contribution in [0.3, 0.4) is 0 Å². The van der Waals surface area contributed by atoms with Gasteiger partial charge in [0.05, 0.1) is 13.2 Å². The molecular formula is C18H23FIN3O3S. The van der Waals surface area contributed by atoms with E-state index in [1.54, 1.807) is 14.0 Å². The molecule has 0 aliphatic carbocycles. The standard InChI is InChI=1S/C18H22FN3O3S.HI/c1-18(23,15-4-3-5-26-15)10-22-17(20-2)21-8-12-6-14(19)7-13-9-24-11-25-16(12)13;/h3-7,23H,8-11H2,1-2H3,(H2,20,21,22);1H. The fourth-order valence-electron chi connectivity index (χ4n) is 2.72. The van der Waals surface area contributed by atoms with Crippen LogP contribution in [0.4, 0.5) is 4.39 Å². The van der Waals surface area contributed by atoms with E-state index in [9.17, 15) is 9.50 Å². The zero-order chi connectivity index (χ0) is 18.6. The van der Waals surface area contributed by atoms with Gasteiger partial charge in [-0.1, -0.05) is 6.07 Å². The molecule has 0 spiro atoms. The second-order valence-electron chi connectivity index (χ2n) is 6.19. The third kappa shape index (κ3) is 5.53. The Hall–Kier alpha value is -1.43. The maximum Gasteiger partial charge on any atom is 0.191 e. The van der Waals surface area contributed by atoms with Crippen LogP contribution < -0.4 is 15.4 Å². The van der Waals surface area contributed by atoms with Gasteiger partial charge in [-0.2, -0.15) is 0 Å². The first-order chi connectivity index (χ1) is 12.5. The van der Waals surface area contributed by atoms with Gasteiger partial charge in [0.15, 0.2) is 12.8 Å². The number of hydrogen-bond acceptors (Lipinski definition) is 5. The smallest absolute Gasteiger partial charge is 0.191 e. The molecule has 2 aromatic rings. The lowest BCUT2D eigenvalue weighted by molar-refractivity contribution is -0.0173. The van der Waals surface area contributed by atoms with Crippen LogP contribution in [-0.2, 0) is 23.5 Å². The molecule has 148 valence electrons. The maximum atomic E-state index is 13.8. The summed E-state index contributed by atoms with van der Waals surface area (Å²) in [5.74, 6) is 0.816. The van der Waals surface area contributed by atoms with Gasteiger partial charge in [-0.15, -0.1) is 35.3 Å². The molecule has 27 heavy (non-hydrogen) atoms. The molecule has 0 bridgehead atoms. The van der Waals surface area contributed by atoms with E-state index < -0.39 is 5.60 Å². The fraction of sp³-hybridized carbons (Fsp3) is 0.389. The van der Waals surface area contributed by atoms with Crippen molar-refractivity contribution in [2.75, 3.05) is 20.4 Å². The van der Waals surface area contributed by atoms with Gasteiger partial charge in [-0.05, 0) is 30.5 Å². The van der Waals surface area contributed by atoms with Crippen LogP contribution in [0.2, 0.25) is 0 Å². The molecule has 0 radical (unpaired) electrons. The SMILES string of the molecule is CN=C(NCc1cc(F)cc2c1OCOC2)NCC(C)(O)c1cccs1.I. The summed E-state index contributed by atoms with van der Waals surface area (Å²) in [5.41, 5.74) is 0.373. The Morgan fingerprint density at radius 2 is 2.22 bits per heavy atom. The van der Waals surface area contributed by atoms with Crippen LogP contribution in [-0.4, -0.2) is 31.5 Å². The number of benzene rings is 1. The Bertz CT molecular complexity index is 784. The second kappa shape index (κ2) is 9.67. The summed E-state index contributed by atoms with van der Waals surface area (Å²) in [6, 6.07) is 6.65. The first-order valence-electron chi connectivity index (χ1n) is 8.22. The van der Waals surface area contributed by atoms with Crippen LogP contribution in [0.1, 0.15) is 22.9 Å². The number of nitrogens with zero attached hydrogens (tertiary/aromatic N) is 1. The van der Waals surface area contributed by atoms with Crippen LogP contribution in [0, 0.1) is 5.82 Å².